The highest BCUT2D eigenvalue weighted by Gasteiger charge is 2.05. The van der Waals surface area contributed by atoms with Gasteiger partial charge >= 0.3 is 0 Å². The van der Waals surface area contributed by atoms with E-state index < -0.39 is 0 Å². The van der Waals surface area contributed by atoms with Crippen molar-refractivity contribution in [1.82, 2.24) is 10.7 Å². The van der Waals surface area contributed by atoms with E-state index in [1.807, 2.05) is 36.4 Å². The second kappa shape index (κ2) is 10.9. The number of benzene rings is 2. The van der Waals surface area contributed by atoms with Crippen LogP contribution in [0.5, 0.6) is 11.5 Å². The van der Waals surface area contributed by atoms with Crippen LogP contribution >= 0.6 is 12.2 Å². The van der Waals surface area contributed by atoms with Gasteiger partial charge < -0.3 is 14.8 Å². The third-order valence-corrected chi connectivity index (χ3v) is 3.70. The van der Waals surface area contributed by atoms with Crippen LogP contribution in [0.4, 0.5) is 0 Å². The summed E-state index contributed by atoms with van der Waals surface area (Å²) in [5, 5.41) is 7.46. The van der Waals surface area contributed by atoms with Crippen LogP contribution in [0.15, 0.2) is 66.3 Å². The van der Waals surface area contributed by atoms with E-state index in [1.54, 1.807) is 19.4 Å². The molecule has 0 radical (unpaired) electrons. The van der Waals surface area contributed by atoms with Crippen LogP contribution in [-0.2, 0) is 6.42 Å². The first-order valence-electron chi connectivity index (χ1n) is 8.25. The molecule has 2 N–H and O–H groups in total. The fourth-order valence-corrected chi connectivity index (χ4v) is 2.31. The van der Waals surface area contributed by atoms with Crippen LogP contribution in [0.3, 0.4) is 0 Å². The third-order valence-electron chi connectivity index (χ3n) is 3.47. The zero-order valence-corrected chi connectivity index (χ0v) is 15.6. The SMILES string of the molecule is C=CCNC(=S)N/N=C\c1ccc(OCCc2ccccc2)c(OC)c1. The van der Waals surface area contributed by atoms with Crippen molar-refractivity contribution < 1.29 is 9.47 Å². The highest BCUT2D eigenvalue weighted by Crippen LogP contribution is 2.27. The van der Waals surface area contributed by atoms with Gasteiger partial charge in [0.05, 0.1) is 19.9 Å². The first kappa shape index (κ1) is 19.5. The molecule has 26 heavy (non-hydrogen) atoms. The van der Waals surface area contributed by atoms with Gasteiger partial charge in [-0.05, 0) is 41.5 Å². The fourth-order valence-electron chi connectivity index (χ4n) is 2.18. The summed E-state index contributed by atoms with van der Waals surface area (Å²) in [6.07, 6.45) is 4.23. The summed E-state index contributed by atoms with van der Waals surface area (Å²) in [6.45, 7) is 4.78. The maximum Gasteiger partial charge on any atom is 0.187 e. The summed E-state index contributed by atoms with van der Waals surface area (Å²) in [6, 6.07) is 15.9. The molecule has 0 heterocycles. The van der Waals surface area contributed by atoms with Gasteiger partial charge in [-0.25, -0.2) is 0 Å². The molecule has 0 atom stereocenters. The monoisotopic (exact) mass is 369 g/mol. The van der Waals surface area contributed by atoms with E-state index in [4.69, 9.17) is 21.7 Å². The topological polar surface area (TPSA) is 54.9 Å². The number of hydrogen-bond acceptors (Lipinski definition) is 4. The Morgan fingerprint density at radius 3 is 2.73 bits per heavy atom. The molecular weight excluding hydrogens is 346 g/mol. The lowest BCUT2D eigenvalue weighted by atomic mass is 10.2. The number of nitrogens with one attached hydrogen (secondary N) is 2. The molecule has 2 aromatic rings. The third kappa shape index (κ3) is 6.57. The molecule has 0 bridgehead atoms. The summed E-state index contributed by atoms with van der Waals surface area (Å²) < 4.78 is 11.3. The Hall–Kier alpha value is -2.86. The lowest BCUT2D eigenvalue weighted by Gasteiger charge is -2.11. The van der Waals surface area contributed by atoms with Gasteiger partial charge in [0.15, 0.2) is 16.6 Å². The smallest absolute Gasteiger partial charge is 0.187 e. The van der Waals surface area contributed by atoms with Crippen molar-refractivity contribution >= 4 is 23.5 Å². The maximum atomic E-state index is 5.85. The van der Waals surface area contributed by atoms with Crippen molar-refractivity contribution in [2.24, 2.45) is 5.10 Å². The van der Waals surface area contributed by atoms with Gasteiger partial charge in [0, 0.05) is 13.0 Å². The Kier molecular flexibility index (Phi) is 8.15. The van der Waals surface area contributed by atoms with E-state index in [1.165, 1.54) is 5.56 Å². The number of ether oxygens (including phenoxy) is 2. The molecule has 0 aliphatic rings. The van der Waals surface area contributed by atoms with Crippen molar-refractivity contribution in [3.05, 3.63) is 72.3 Å². The van der Waals surface area contributed by atoms with E-state index >= 15 is 0 Å². The van der Waals surface area contributed by atoms with Crippen LogP contribution in [0.1, 0.15) is 11.1 Å². The Bertz CT molecular complexity index is 748. The van der Waals surface area contributed by atoms with Crippen molar-refractivity contribution in [2.75, 3.05) is 20.3 Å². The lowest BCUT2D eigenvalue weighted by molar-refractivity contribution is 0.297. The summed E-state index contributed by atoms with van der Waals surface area (Å²) in [5.74, 6) is 1.37. The van der Waals surface area contributed by atoms with E-state index in [0.717, 1.165) is 12.0 Å². The predicted octanol–water partition coefficient (Wildman–Crippen LogP) is 3.30. The standard InChI is InChI=1S/C20H23N3O2S/c1-3-12-21-20(26)23-22-15-17-9-10-18(19(14-17)24-2)25-13-11-16-7-5-4-6-8-16/h3-10,14-15H,1,11-13H2,2H3,(H2,21,23,26)/b22-15-. The predicted molar refractivity (Wildman–Crippen MR) is 110 cm³/mol. The molecule has 0 aliphatic heterocycles. The van der Waals surface area contributed by atoms with Crippen molar-refractivity contribution in [2.45, 2.75) is 6.42 Å². The van der Waals surface area contributed by atoms with Gasteiger partial charge in [-0.2, -0.15) is 5.10 Å². The maximum absolute atomic E-state index is 5.85. The van der Waals surface area contributed by atoms with Gasteiger partial charge in [0.2, 0.25) is 0 Å². The number of hydrazone groups is 1. The van der Waals surface area contributed by atoms with Crippen molar-refractivity contribution in [1.29, 1.82) is 0 Å². The van der Waals surface area contributed by atoms with Crippen LogP contribution in [0, 0.1) is 0 Å². The molecule has 0 unspecified atom stereocenters. The Morgan fingerprint density at radius 2 is 2.00 bits per heavy atom. The summed E-state index contributed by atoms with van der Waals surface area (Å²) >= 11 is 5.06. The van der Waals surface area contributed by atoms with E-state index in [-0.39, 0.29) is 0 Å². The zero-order chi connectivity index (χ0) is 18.6. The second-order valence-electron chi connectivity index (χ2n) is 5.36. The number of methoxy groups -OCH3 is 1. The first-order chi connectivity index (χ1) is 12.7. The van der Waals surface area contributed by atoms with Gasteiger partial charge in [-0.3, -0.25) is 5.43 Å². The number of hydrogen-bond donors (Lipinski definition) is 2. The van der Waals surface area contributed by atoms with Crippen LogP contribution in [-0.4, -0.2) is 31.6 Å². The summed E-state index contributed by atoms with van der Waals surface area (Å²) in [5.41, 5.74) is 4.85. The zero-order valence-electron chi connectivity index (χ0n) is 14.8. The van der Waals surface area contributed by atoms with Gasteiger partial charge in [-0.15, -0.1) is 6.58 Å². The molecule has 0 aromatic heterocycles. The minimum absolute atomic E-state index is 0.439. The Labute approximate surface area is 159 Å². The molecule has 0 saturated heterocycles. The molecule has 0 amide bonds. The molecule has 0 aliphatic carbocycles. The molecule has 6 heteroatoms. The number of thiocarbonyl (C=S) groups is 1. The average molecular weight is 369 g/mol. The Morgan fingerprint density at radius 1 is 1.19 bits per heavy atom. The lowest BCUT2D eigenvalue weighted by Crippen LogP contribution is -2.31. The molecule has 5 nitrogen and oxygen atoms in total. The van der Waals surface area contributed by atoms with Crippen LogP contribution in [0.25, 0.3) is 0 Å². The van der Waals surface area contributed by atoms with Crippen LogP contribution < -0.4 is 20.2 Å². The minimum Gasteiger partial charge on any atom is -0.493 e. The summed E-state index contributed by atoms with van der Waals surface area (Å²) in [4.78, 5) is 0. The quantitative estimate of drug-likeness (QED) is 0.307. The van der Waals surface area contributed by atoms with Crippen molar-refractivity contribution in [3.63, 3.8) is 0 Å². The van der Waals surface area contributed by atoms with E-state index in [0.29, 0.717) is 29.8 Å². The first-order valence-corrected chi connectivity index (χ1v) is 8.66. The van der Waals surface area contributed by atoms with Gasteiger partial charge in [0.1, 0.15) is 0 Å². The van der Waals surface area contributed by atoms with E-state index in [9.17, 15) is 0 Å². The number of rotatable bonds is 9. The average Bonchev–Trinajstić information content (AvgIpc) is 2.68. The van der Waals surface area contributed by atoms with Crippen molar-refractivity contribution in [3.8, 4) is 11.5 Å². The molecule has 136 valence electrons. The van der Waals surface area contributed by atoms with E-state index in [2.05, 4.69) is 34.6 Å². The summed E-state index contributed by atoms with van der Waals surface area (Å²) in [7, 11) is 1.62. The highest BCUT2D eigenvalue weighted by atomic mass is 32.1. The Balaban J connectivity index is 1.89. The van der Waals surface area contributed by atoms with Gasteiger partial charge in [-0.1, -0.05) is 36.4 Å². The minimum atomic E-state index is 0.439. The number of nitrogens with zero attached hydrogens (tertiary/aromatic N) is 1. The molecule has 2 aromatic carbocycles. The molecular formula is C20H23N3O2S. The van der Waals surface area contributed by atoms with Crippen LogP contribution in [0.2, 0.25) is 0 Å². The molecule has 2 rings (SSSR count). The molecule has 0 spiro atoms. The largest absolute Gasteiger partial charge is 0.493 e. The highest BCUT2D eigenvalue weighted by molar-refractivity contribution is 7.80. The normalized spacial score (nSPS) is 10.3. The fraction of sp³-hybridized carbons (Fsp3) is 0.200. The van der Waals surface area contributed by atoms with Gasteiger partial charge in [0.25, 0.3) is 0 Å². The second-order valence-corrected chi connectivity index (χ2v) is 5.77. The molecule has 0 saturated carbocycles. The molecule has 0 fully saturated rings.